The first-order valence-corrected chi connectivity index (χ1v) is 7.21. The summed E-state index contributed by atoms with van der Waals surface area (Å²) in [4.78, 5) is 22.9. The monoisotopic (exact) mass is 322 g/mol. The zero-order valence-electron chi connectivity index (χ0n) is 12.0. The van der Waals surface area contributed by atoms with Crippen LogP contribution in [0.4, 0.5) is 17.5 Å². The number of pyridine rings is 1. The predicted octanol–water partition coefficient (Wildman–Crippen LogP) is 1.70. The van der Waals surface area contributed by atoms with Crippen LogP contribution in [-0.2, 0) is 7.05 Å². The zero-order chi connectivity index (χ0) is 15.7. The van der Waals surface area contributed by atoms with Crippen molar-refractivity contribution in [3.8, 4) is 0 Å². The number of imidazole rings is 1. The van der Waals surface area contributed by atoms with Gasteiger partial charge in [0.1, 0.15) is 12.0 Å². The Morgan fingerprint density at radius 1 is 1.23 bits per heavy atom. The maximum absolute atomic E-state index is 10.7. The smallest absolute Gasteiger partial charge is 0.289 e. The van der Waals surface area contributed by atoms with Crippen LogP contribution in [0, 0.1) is 10.1 Å². The van der Waals surface area contributed by atoms with Crippen molar-refractivity contribution >= 4 is 29.1 Å². The molecule has 2 aromatic heterocycles. The minimum atomic E-state index is -0.498. The normalized spacial score (nSPS) is 15.2. The molecule has 116 valence electrons. The molecule has 0 atom stereocenters. The molecule has 0 unspecified atom stereocenters. The summed E-state index contributed by atoms with van der Waals surface area (Å²) in [6.45, 7) is 3.05. The third-order valence-corrected chi connectivity index (χ3v) is 3.95. The van der Waals surface area contributed by atoms with Gasteiger partial charge in [0, 0.05) is 51.7 Å². The zero-order valence-corrected chi connectivity index (χ0v) is 12.8. The van der Waals surface area contributed by atoms with Gasteiger partial charge in [-0.3, -0.25) is 10.1 Å². The van der Waals surface area contributed by atoms with Gasteiger partial charge >= 0.3 is 0 Å². The molecule has 0 saturated carbocycles. The van der Waals surface area contributed by atoms with E-state index in [1.165, 1.54) is 12.3 Å². The predicted molar refractivity (Wildman–Crippen MR) is 83.5 cm³/mol. The molecule has 3 heterocycles. The summed E-state index contributed by atoms with van der Waals surface area (Å²) in [7, 11) is 1.96. The first-order valence-electron chi connectivity index (χ1n) is 6.83. The van der Waals surface area contributed by atoms with Crippen LogP contribution in [0.15, 0.2) is 24.7 Å². The molecule has 1 fully saturated rings. The molecule has 8 nitrogen and oxygen atoms in total. The number of hydrogen-bond donors (Lipinski definition) is 0. The highest BCUT2D eigenvalue weighted by atomic mass is 35.5. The molecule has 0 spiro atoms. The fourth-order valence-corrected chi connectivity index (χ4v) is 2.81. The van der Waals surface area contributed by atoms with E-state index in [1.807, 2.05) is 22.7 Å². The van der Waals surface area contributed by atoms with Gasteiger partial charge < -0.3 is 14.4 Å². The molecule has 22 heavy (non-hydrogen) atoms. The van der Waals surface area contributed by atoms with Gasteiger partial charge in [0.25, 0.3) is 5.69 Å². The van der Waals surface area contributed by atoms with Crippen LogP contribution in [0.1, 0.15) is 0 Å². The molecule has 1 aliphatic rings. The second kappa shape index (κ2) is 5.80. The van der Waals surface area contributed by atoms with E-state index in [9.17, 15) is 10.1 Å². The van der Waals surface area contributed by atoms with E-state index in [4.69, 9.17) is 11.6 Å². The molecular weight excluding hydrogens is 308 g/mol. The summed E-state index contributed by atoms with van der Waals surface area (Å²) >= 11 is 6.13. The molecule has 0 aromatic carbocycles. The molecular formula is C13H15ClN6O2. The Bertz CT molecular complexity index is 696. The van der Waals surface area contributed by atoms with Crippen molar-refractivity contribution in [1.82, 2.24) is 14.5 Å². The first-order chi connectivity index (χ1) is 10.6. The van der Waals surface area contributed by atoms with E-state index in [2.05, 4.69) is 14.9 Å². The van der Waals surface area contributed by atoms with Crippen molar-refractivity contribution in [2.24, 2.45) is 7.05 Å². The lowest BCUT2D eigenvalue weighted by atomic mass is 10.3. The minimum Gasteiger partial charge on any atom is -0.352 e. The van der Waals surface area contributed by atoms with E-state index in [1.54, 1.807) is 6.20 Å². The number of nitro groups is 1. The lowest BCUT2D eigenvalue weighted by molar-refractivity contribution is -0.385. The summed E-state index contributed by atoms with van der Waals surface area (Å²) < 4.78 is 1.98. The topological polar surface area (TPSA) is 80.3 Å². The Morgan fingerprint density at radius 3 is 2.45 bits per heavy atom. The Kier molecular flexibility index (Phi) is 3.84. The minimum absolute atomic E-state index is 0.0969. The second-order valence-electron chi connectivity index (χ2n) is 5.07. The number of piperazine rings is 1. The van der Waals surface area contributed by atoms with Crippen LogP contribution in [-0.4, -0.2) is 45.6 Å². The number of aryl methyl sites for hydroxylation is 1. The number of anilines is 2. The number of hydrogen-bond acceptors (Lipinski definition) is 6. The van der Waals surface area contributed by atoms with E-state index < -0.39 is 4.92 Å². The molecule has 1 aliphatic heterocycles. The SMILES string of the molecule is Cn1ccnc1N1CCN(c2ncc([N+](=O)[O-])cc2Cl)CC1. The third-order valence-electron chi connectivity index (χ3n) is 3.68. The maximum Gasteiger partial charge on any atom is 0.289 e. The van der Waals surface area contributed by atoms with Gasteiger partial charge in [0.15, 0.2) is 0 Å². The average molecular weight is 323 g/mol. The molecule has 0 N–H and O–H groups in total. The quantitative estimate of drug-likeness (QED) is 0.632. The molecule has 0 aliphatic carbocycles. The highest BCUT2D eigenvalue weighted by Gasteiger charge is 2.23. The Labute approximate surface area is 132 Å². The van der Waals surface area contributed by atoms with Crippen LogP contribution in [0.5, 0.6) is 0 Å². The van der Waals surface area contributed by atoms with Crippen molar-refractivity contribution < 1.29 is 4.92 Å². The number of nitrogens with zero attached hydrogens (tertiary/aromatic N) is 6. The number of rotatable bonds is 3. The maximum atomic E-state index is 10.7. The van der Waals surface area contributed by atoms with Crippen molar-refractivity contribution in [3.05, 3.63) is 39.8 Å². The van der Waals surface area contributed by atoms with Gasteiger partial charge in [0.2, 0.25) is 5.95 Å². The lowest BCUT2D eigenvalue weighted by Crippen LogP contribution is -2.47. The van der Waals surface area contributed by atoms with Gasteiger partial charge in [-0.2, -0.15) is 0 Å². The molecule has 9 heteroatoms. The van der Waals surface area contributed by atoms with Gasteiger partial charge in [-0.05, 0) is 0 Å². The summed E-state index contributed by atoms with van der Waals surface area (Å²) in [6, 6.07) is 1.34. The van der Waals surface area contributed by atoms with Crippen molar-refractivity contribution in [2.75, 3.05) is 36.0 Å². The molecule has 0 amide bonds. The van der Waals surface area contributed by atoms with E-state index >= 15 is 0 Å². The van der Waals surface area contributed by atoms with E-state index in [0.29, 0.717) is 10.8 Å². The van der Waals surface area contributed by atoms with Crippen molar-refractivity contribution in [3.63, 3.8) is 0 Å². The highest BCUT2D eigenvalue weighted by Crippen LogP contribution is 2.28. The Morgan fingerprint density at radius 2 is 1.91 bits per heavy atom. The fraction of sp³-hybridized carbons (Fsp3) is 0.385. The van der Waals surface area contributed by atoms with Crippen LogP contribution >= 0.6 is 11.6 Å². The third kappa shape index (κ3) is 2.69. The van der Waals surface area contributed by atoms with Crippen molar-refractivity contribution in [2.45, 2.75) is 0 Å². The van der Waals surface area contributed by atoms with Gasteiger partial charge in [-0.1, -0.05) is 11.6 Å². The van der Waals surface area contributed by atoms with E-state index in [-0.39, 0.29) is 5.69 Å². The largest absolute Gasteiger partial charge is 0.352 e. The number of halogens is 1. The van der Waals surface area contributed by atoms with Crippen LogP contribution in [0.25, 0.3) is 0 Å². The van der Waals surface area contributed by atoms with Gasteiger partial charge in [-0.15, -0.1) is 0 Å². The summed E-state index contributed by atoms with van der Waals surface area (Å²) in [5.41, 5.74) is -0.0969. The summed E-state index contributed by atoms with van der Waals surface area (Å²) in [5.74, 6) is 1.52. The summed E-state index contributed by atoms with van der Waals surface area (Å²) in [6.07, 6.45) is 4.93. The highest BCUT2D eigenvalue weighted by molar-refractivity contribution is 6.33. The van der Waals surface area contributed by atoms with Crippen LogP contribution in [0.2, 0.25) is 5.02 Å². The molecule has 0 radical (unpaired) electrons. The number of aromatic nitrogens is 3. The second-order valence-corrected chi connectivity index (χ2v) is 5.48. The van der Waals surface area contributed by atoms with Crippen LogP contribution in [0.3, 0.4) is 0 Å². The first kappa shape index (κ1) is 14.6. The molecule has 2 aromatic rings. The molecule has 1 saturated heterocycles. The molecule has 0 bridgehead atoms. The molecule has 3 rings (SSSR count). The van der Waals surface area contributed by atoms with Crippen LogP contribution < -0.4 is 9.80 Å². The fourth-order valence-electron chi connectivity index (χ4n) is 2.53. The van der Waals surface area contributed by atoms with Gasteiger partial charge in [0.05, 0.1) is 9.95 Å². The standard InChI is InChI=1S/C13H15ClN6O2/c1-17-3-2-15-13(17)19-6-4-18(5-7-19)12-11(14)8-10(9-16-12)20(21)22/h2-3,8-9H,4-7H2,1H3. The summed E-state index contributed by atoms with van der Waals surface area (Å²) in [5, 5.41) is 11.0. The van der Waals surface area contributed by atoms with Gasteiger partial charge in [-0.25, -0.2) is 9.97 Å². The van der Waals surface area contributed by atoms with Crippen molar-refractivity contribution in [1.29, 1.82) is 0 Å². The Balaban J connectivity index is 1.71. The average Bonchev–Trinajstić information content (AvgIpc) is 2.93. The lowest BCUT2D eigenvalue weighted by Gasteiger charge is -2.36. The Hall–Kier alpha value is -2.35. The van der Waals surface area contributed by atoms with E-state index in [0.717, 1.165) is 32.1 Å².